The van der Waals surface area contributed by atoms with E-state index < -0.39 is 11.7 Å². The monoisotopic (exact) mass is 259 g/mol. The first-order chi connectivity index (χ1) is 7.95. The van der Waals surface area contributed by atoms with Crippen LogP contribution in [0, 0.1) is 0 Å². The third-order valence-corrected chi connectivity index (χ3v) is 2.92. The molecule has 0 aliphatic carbocycles. The molecule has 0 saturated heterocycles. The van der Waals surface area contributed by atoms with E-state index in [9.17, 15) is 13.2 Å². The molecule has 0 saturated carbocycles. The number of hydrogen-bond acceptors (Lipinski definition) is 1. The lowest BCUT2D eigenvalue weighted by atomic mass is 10.0. The van der Waals surface area contributed by atoms with Gasteiger partial charge in [-0.2, -0.15) is 13.2 Å². The fraction of sp³-hybridized carbons (Fsp3) is 0.250. The molecule has 2 aromatic rings. The minimum absolute atomic E-state index is 0.0129. The third kappa shape index (κ3) is 2.09. The predicted octanol–water partition coefficient (Wildman–Crippen LogP) is 4.47. The van der Waals surface area contributed by atoms with E-state index in [0.717, 1.165) is 11.6 Å². The Morgan fingerprint density at radius 1 is 1.29 bits per heavy atom. The van der Waals surface area contributed by atoms with E-state index in [4.69, 9.17) is 11.6 Å². The van der Waals surface area contributed by atoms with Gasteiger partial charge in [-0.15, -0.1) is 0 Å². The minimum atomic E-state index is -4.42. The number of aryl methyl sites for hydroxylation is 1. The maximum atomic E-state index is 12.8. The van der Waals surface area contributed by atoms with E-state index in [0.29, 0.717) is 11.8 Å². The smallest absolute Gasteiger partial charge is 0.244 e. The van der Waals surface area contributed by atoms with Gasteiger partial charge in [-0.05, 0) is 23.4 Å². The molecule has 90 valence electrons. The molecule has 0 spiro atoms. The number of pyridine rings is 1. The number of nitrogens with zero attached hydrogens (tertiary/aromatic N) is 1. The van der Waals surface area contributed by atoms with Crippen LogP contribution in [0.25, 0.3) is 10.8 Å². The molecule has 0 N–H and O–H groups in total. The van der Waals surface area contributed by atoms with Gasteiger partial charge in [0, 0.05) is 11.6 Å². The standard InChI is InChI=1S/C12H9ClF3N/c1-2-7-6-17-11(13)10-8(7)4-3-5-9(10)12(14,15)16/h3-6H,2H2,1H3. The summed E-state index contributed by atoms with van der Waals surface area (Å²) < 4.78 is 38.5. The van der Waals surface area contributed by atoms with E-state index >= 15 is 0 Å². The van der Waals surface area contributed by atoms with Crippen LogP contribution in [0.2, 0.25) is 5.15 Å². The molecule has 1 nitrogen and oxygen atoms in total. The van der Waals surface area contributed by atoms with Crippen LogP contribution in [0.1, 0.15) is 18.1 Å². The van der Waals surface area contributed by atoms with Gasteiger partial charge < -0.3 is 0 Å². The lowest BCUT2D eigenvalue weighted by molar-refractivity contribution is -0.136. The highest BCUT2D eigenvalue weighted by Gasteiger charge is 2.33. The van der Waals surface area contributed by atoms with Crippen LogP contribution in [0.15, 0.2) is 24.4 Å². The van der Waals surface area contributed by atoms with Crippen molar-refractivity contribution in [1.82, 2.24) is 4.98 Å². The molecule has 1 aromatic heterocycles. The Kier molecular flexibility index (Phi) is 3.00. The molecule has 17 heavy (non-hydrogen) atoms. The fourth-order valence-corrected chi connectivity index (χ4v) is 2.08. The first-order valence-corrected chi connectivity index (χ1v) is 5.46. The molecule has 1 heterocycles. The Balaban J connectivity index is 2.89. The van der Waals surface area contributed by atoms with Crippen LogP contribution in [-0.4, -0.2) is 4.98 Å². The van der Waals surface area contributed by atoms with Crippen LogP contribution in [-0.2, 0) is 12.6 Å². The summed E-state index contributed by atoms with van der Waals surface area (Å²) in [6.07, 6.45) is -2.29. The lowest BCUT2D eigenvalue weighted by Gasteiger charge is -2.12. The second-order valence-corrected chi connectivity index (χ2v) is 4.01. The lowest BCUT2D eigenvalue weighted by Crippen LogP contribution is -2.06. The molecule has 0 atom stereocenters. The van der Waals surface area contributed by atoms with Gasteiger partial charge in [0.2, 0.25) is 0 Å². The SMILES string of the molecule is CCc1cnc(Cl)c2c(C(F)(F)F)cccc12. The minimum Gasteiger partial charge on any atom is -0.244 e. The molecule has 0 bridgehead atoms. The quantitative estimate of drug-likeness (QED) is 0.689. The summed E-state index contributed by atoms with van der Waals surface area (Å²) >= 11 is 5.79. The van der Waals surface area contributed by atoms with Crippen LogP contribution in [0.5, 0.6) is 0 Å². The normalized spacial score (nSPS) is 12.1. The van der Waals surface area contributed by atoms with E-state index in [1.807, 2.05) is 6.92 Å². The fourth-order valence-electron chi connectivity index (χ4n) is 1.83. The van der Waals surface area contributed by atoms with E-state index in [1.165, 1.54) is 12.3 Å². The summed E-state index contributed by atoms with van der Waals surface area (Å²) in [7, 11) is 0. The Labute approximate surface area is 101 Å². The van der Waals surface area contributed by atoms with Crippen molar-refractivity contribution >= 4 is 22.4 Å². The first-order valence-electron chi connectivity index (χ1n) is 5.08. The van der Waals surface area contributed by atoms with Crippen molar-refractivity contribution in [3.05, 3.63) is 40.7 Å². The molecule has 0 fully saturated rings. The predicted molar refractivity (Wildman–Crippen MR) is 61.1 cm³/mol. The van der Waals surface area contributed by atoms with Crippen molar-refractivity contribution < 1.29 is 13.2 Å². The van der Waals surface area contributed by atoms with Gasteiger partial charge in [-0.3, -0.25) is 0 Å². The average molecular weight is 260 g/mol. The Morgan fingerprint density at radius 3 is 2.59 bits per heavy atom. The number of fused-ring (bicyclic) bond motifs is 1. The topological polar surface area (TPSA) is 12.9 Å². The molecule has 2 rings (SSSR count). The zero-order valence-corrected chi connectivity index (χ0v) is 9.73. The maximum absolute atomic E-state index is 12.8. The Bertz CT molecular complexity index is 563. The van der Waals surface area contributed by atoms with Gasteiger partial charge in [-0.25, -0.2) is 4.98 Å². The highest BCUT2D eigenvalue weighted by atomic mass is 35.5. The third-order valence-electron chi connectivity index (χ3n) is 2.64. The second-order valence-electron chi connectivity index (χ2n) is 3.65. The summed E-state index contributed by atoms with van der Waals surface area (Å²) in [5.41, 5.74) is 0.0262. The molecule has 0 radical (unpaired) electrons. The van der Waals surface area contributed by atoms with Crippen LogP contribution >= 0.6 is 11.6 Å². The zero-order chi connectivity index (χ0) is 12.6. The van der Waals surface area contributed by atoms with Gasteiger partial charge in [0.1, 0.15) is 5.15 Å². The van der Waals surface area contributed by atoms with Crippen LogP contribution < -0.4 is 0 Å². The Morgan fingerprint density at radius 2 is 2.00 bits per heavy atom. The van der Waals surface area contributed by atoms with E-state index in [1.54, 1.807) is 6.07 Å². The van der Waals surface area contributed by atoms with Gasteiger partial charge in [0.05, 0.1) is 5.56 Å². The van der Waals surface area contributed by atoms with E-state index in [-0.39, 0.29) is 10.5 Å². The number of hydrogen-bond donors (Lipinski definition) is 0. The molecule has 0 amide bonds. The number of halogens is 4. The Hall–Kier alpha value is -1.29. The van der Waals surface area contributed by atoms with Crippen molar-refractivity contribution in [2.75, 3.05) is 0 Å². The van der Waals surface area contributed by atoms with Crippen molar-refractivity contribution in [1.29, 1.82) is 0 Å². The number of rotatable bonds is 1. The zero-order valence-electron chi connectivity index (χ0n) is 8.98. The molecule has 5 heteroatoms. The summed E-state index contributed by atoms with van der Waals surface area (Å²) in [6.45, 7) is 1.87. The summed E-state index contributed by atoms with van der Waals surface area (Å²) in [5, 5.41) is 0.397. The van der Waals surface area contributed by atoms with Gasteiger partial charge in [-0.1, -0.05) is 30.7 Å². The number of alkyl halides is 3. The van der Waals surface area contributed by atoms with Crippen molar-refractivity contribution in [2.24, 2.45) is 0 Å². The van der Waals surface area contributed by atoms with Gasteiger partial charge >= 0.3 is 6.18 Å². The number of benzene rings is 1. The molecule has 0 aliphatic heterocycles. The average Bonchev–Trinajstić information content (AvgIpc) is 2.28. The molecular weight excluding hydrogens is 251 g/mol. The first kappa shape index (κ1) is 12.2. The highest BCUT2D eigenvalue weighted by Crippen LogP contribution is 2.38. The van der Waals surface area contributed by atoms with Crippen molar-refractivity contribution in [3.63, 3.8) is 0 Å². The highest BCUT2D eigenvalue weighted by molar-refractivity contribution is 6.34. The molecular formula is C12H9ClF3N. The second kappa shape index (κ2) is 4.18. The maximum Gasteiger partial charge on any atom is 0.417 e. The molecule has 0 aliphatic rings. The van der Waals surface area contributed by atoms with Gasteiger partial charge in [0.15, 0.2) is 0 Å². The van der Waals surface area contributed by atoms with Crippen LogP contribution in [0.4, 0.5) is 13.2 Å². The van der Waals surface area contributed by atoms with Crippen LogP contribution in [0.3, 0.4) is 0 Å². The summed E-state index contributed by atoms with van der Waals surface area (Å²) in [4.78, 5) is 3.82. The van der Waals surface area contributed by atoms with Crippen molar-refractivity contribution in [2.45, 2.75) is 19.5 Å². The summed E-state index contributed by atoms with van der Waals surface area (Å²) in [6, 6.07) is 4.05. The molecule has 1 aromatic carbocycles. The van der Waals surface area contributed by atoms with E-state index in [2.05, 4.69) is 4.98 Å². The summed E-state index contributed by atoms with van der Waals surface area (Å²) in [5.74, 6) is 0. The largest absolute Gasteiger partial charge is 0.417 e. The number of aromatic nitrogens is 1. The van der Waals surface area contributed by atoms with Gasteiger partial charge in [0.25, 0.3) is 0 Å². The van der Waals surface area contributed by atoms with Crippen molar-refractivity contribution in [3.8, 4) is 0 Å². The molecule has 0 unspecified atom stereocenters.